The molecule has 0 aliphatic rings. The number of rotatable bonds is 2. The quantitative estimate of drug-likeness (QED) is 0.778. The number of aromatic nitrogens is 2. The van der Waals surface area contributed by atoms with Crippen molar-refractivity contribution in [1.29, 1.82) is 0 Å². The first-order valence-electron chi connectivity index (χ1n) is 4.95. The fourth-order valence-corrected chi connectivity index (χ4v) is 1.70. The van der Waals surface area contributed by atoms with Gasteiger partial charge in [-0.15, -0.1) is 0 Å². The number of nitrogens with zero attached hydrogens (tertiary/aromatic N) is 2. The highest BCUT2D eigenvalue weighted by atomic mass is 16.5. The monoisotopic (exact) mass is 220 g/mol. The van der Waals surface area contributed by atoms with Gasteiger partial charge in [0.05, 0.1) is 17.5 Å². The van der Waals surface area contributed by atoms with Gasteiger partial charge in [0.25, 0.3) is 0 Å². The van der Waals surface area contributed by atoms with E-state index in [2.05, 4.69) is 4.98 Å². The number of fused-ring (bicyclic) bond motifs is 1. The third-order valence-corrected chi connectivity index (χ3v) is 2.44. The summed E-state index contributed by atoms with van der Waals surface area (Å²) in [6, 6.07) is 1.73. The summed E-state index contributed by atoms with van der Waals surface area (Å²) in [7, 11) is 1.70. The fraction of sp³-hybridized carbons (Fsp3) is 0.273. The maximum Gasteiger partial charge on any atom is 0.358 e. The Balaban J connectivity index is 2.66. The highest BCUT2D eigenvalue weighted by molar-refractivity contribution is 6.01. The van der Waals surface area contributed by atoms with Gasteiger partial charge in [-0.1, -0.05) is 0 Å². The van der Waals surface area contributed by atoms with Crippen LogP contribution in [0.4, 0.5) is 0 Å². The van der Waals surface area contributed by atoms with E-state index < -0.39 is 5.97 Å². The van der Waals surface area contributed by atoms with Crippen LogP contribution in [0.15, 0.2) is 18.5 Å². The van der Waals surface area contributed by atoms with E-state index in [4.69, 9.17) is 4.74 Å². The molecule has 5 heteroatoms. The molecule has 0 unspecified atom stereocenters. The van der Waals surface area contributed by atoms with Crippen LogP contribution >= 0.6 is 0 Å². The van der Waals surface area contributed by atoms with E-state index in [0.717, 1.165) is 5.52 Å². The van der Waals surface area contributed by atoms with Crippen molar-refractivity contribution in [2.75, 3.05) is 6.61 Å². The van der Waals surface area contributed by atoms with Crippen molar-refractivity contribution in [3.8, 4) is 5.75 Å². The second-order valence-corrected chi connectivity index (χ2v) is 3.37. The van der Waals surface area contributed by atoms with Gasteiger partial charge in [0, 0.05) is 19.4 Å². The first-order chi connectivity index (χ1) is 7.66. The van der Waals surface area contributed by atoms with Crippen molar-refractivity contribution in [2.24, 2.45) is 7.05 Å². The van der Waals surface area contributed by atoms with Gasteiger partial charge >= 0.3 is 5.97 Å². The van der Waals surface area contributed by atoms with Gasteiger partial charge < -0.3 is 14.4 Å². The molecular weight excluding hydrogens is 208 g/mol. The maximum absolute atomic E-state index is 11.6. The number of hydrogen-bond acceptors (Lipinski definition) is 4. The van der Waals surface area contributed by atoms with E-state index in [1.807, 2.05) is 0 Å². The first-order valence-corrected chi connectivity index (χ1v) is 4.95. The average molecular weight is 220 g/mol. The molecule has 2 rings (SSSR count). The molecule has 2 aromatic heterocycles. The van der Waals surface area contributed by atoms with Gasteiger partial charge in [0.1, 0.15) is 0 Å². The number of carbonyl (C=O) groups is 1. The molecule has 0 amide bonds. The Bertz CT molecular complexity index is 506. The van der Waals surface area contributed by atoms with Crippen LogP contribution in [0, 0.1) is 0 Å². The van der Waals surface area contributed by atoms with Crippen LogP contribution in [-0.2, 0) is 11.8 Å². The third-order valence-electron chi connectivity index (χ3n) is 2.44. The van der Waals surface area contributed by atoms with Crippen molar-refractivity contribution in [3.63, 3.8) is 0 Å². The summed E-state index contributed by atoms with van der Waals surface area (Å²) in [5, 5.41) is 10.5. The van der Waals surface area contributed by atoms with E-state index in [1.54, 1.807) is 30.8 Å². The van der Waals surface area contributed by atoms with Crippen LogP contribution in [0.5, 0.6) is 5.75 Å². The molecule has 0 atom stereocenters. The Morgan fingerprint density at radius 1 is 1.62 bits per heavy atom. The van der Waals surface area contributed by atoms with E-state index >= 15 is 0 Å². The predicted molar refractivity (Wildman–Crippen MR) is 58.3 cm³/mol. The van der Waals surface area contributed by atoms with Gasteiger partial charge in [-0.3, -0.25) is 4.98 Å². The minimum atomic E-state index is -0.529. The van der Waals surface area contributed by atoms with E-state index in [-0.39, 0.29) is 18.1 Å². The Labute approximate surface area is 92.3 Å². The fourth-order valence-electron chi connectivity index (χ4n) is 1.70. The maximum atomic E-state index is 11.6. The molecule has 0 fully saturated rings. The molecule has 0 aliphatic heterocycles. The summed E-state index contributed by atoms with van der Waals surface area (Å²) in [6.45, 7) is 2.00. The molecular formula is C11H12N2O3. The largest absolute Gasteiger partial charge is 0.505 e. The van der Waals surface area contributed by atoms with Crippen molar-refractivity contribution < 1.29 is 14.6 Å². The Morgan fingerprint density at radius 2 is 2.38 bits per heavy atom. The highest BCUT2D eigenvalue weighted by Gasteiger charge is 2.21. The van der Waals surface area contributed by atoms with Gasteiger partial charge in [-0.25, -0.2) is 4.79 Å². The molecule has 16 heavy (non-hydrogen) atoms. The van der Waals surface area contributed by atoms with Gasteiger partial charge in [0.15, 0.2) is 11.4 Å². The number of carbonyl (C=O) groups excluding carboxylic acids is 1. The minimum Gasteiger partial charge on any atom is -0.505 e. The molecule has 0 aliphatic carbocycles. The summed E-state index contributed by atoms with van der Waals surface area (Å²) in [6.07, 6.45) is 3.13. The van der Waals surface area contributed by atoms with E-state index in [9.17, 15) is 9.90 Å². The van der Waals surface area contributed by atoms with Crippen molar-refractivity contribution >= 4 is 16.9 Å². The number of pyridine rings is 1. The molecule has 2 heterocycles. The third kappa shape index (κ3) is 1.41. The Hall–Kier alpha value is -2.04. The van der Waals surface area contributed by atoms with Gasteiger partial charge in [-0.2, -0.15) is 0 Å². The lowest BCUT2D eigenvalue weighted by Crippen LogP contribution is -2.09. The lowest BCUT2D eigenvalue weighted by Gasteiger charge is -2.03. The zero-order valence-electron chi connectivity index (χ0n) is 9.10. The Kier molecular flexibility index (Phi) is 2.52. The number of hydrogen-bond donors (Lipinski definition) is 1. The van der Waals surface area contributed by atoms with Crippen molar-refractivity contribution in [2.45, 2.75) is 6.92 Å². The summed E-state index contributed by atoms with van der Waals surface area (Å²) in [4.78, 5) is 15.5. The molecule has 1 N–H and O–H groups in total. The van der Waals surface area contributed by atoms with Gasteiger partial charge in [0.2, 0.25) is 0 Å². The molecule has 84 valence electrons. The lowest BCUT2D eigenvalue weighted by molar-refractivity contribution is 0.0512. The zero-order valence-corrected chi connectivity index (χ0v) is 9.10. The van der Waals surface area contributed by atoms with Crippen LogP contribution in [0.1, 0.15) is 17.4 Å². The molecule has 5 nitrogen and oxygen atoms in total. The number of esters is 1. The standard InChI is InChI=1S/C11H12N2O3/c1-3-16-11(15)9-10(14)7-6-12-5-4-8(7)13(9)2/h4-6,14H,3H2,1-2H3. The second kappa shape index (κ2) is 3.84. The zero-order chi connectivity index (χ0) is 11.7. The molecule has 0 spiro atoms. The van der Waals surface area contributed by atoms with Gasteiger partial charge in [-0.05, 0) is 13.0 Å². The smallest absolute Gasteiger partial charge is 0.358 e. The van der Waals surface area contributed by atoms with Crippen molar-refractivity contribution in [3.05, 3.63) is 24.2 Å². The number of aryl methyl sites for hydroxylation is 1. The van der Waals surface area contributed by atoms with Crippen LogP contribution in [0.2, 0.25) is 0 Å². The minimum absolute atomic E-state index is 0.0796. The Morgan fingerprint density at radius 3 is 3.00 bits per heavy atom. The van der Waals surface area contributed by atoms with Crippen LogP contribution < -0.4 is 0 Å². The van der Waals surface area contributed by atoms with Crippen LogP contribution in [0.25, 0.3) is 10.9 Å². The average Bonchev–Trinajstić information content (AvgIpc) is 2.53. The van der Waals surface area contributed by atoms with E-state index in [1.165, 1.54) is 6.20 Å². The van der Waals surface area contributed by atoms with Crippen LogP contribution in [-0.4, -0.2) is 27.2 Å². The summed E-state index contributed by atoms with van der Waals surface area (Å²) >= 11 is 0. The molecule has 0 saturated carbocycles. The molecule has 0 saturated heterocycles. The van der Waals surface area contributed by atoms with Crippen molar-refractivity contribution in [1.82, 2.24) is 9.55 Å². The SMILES string of the molecule is CCOC(=O)c1c(O)c2cnccc2n1C. The molecule has 0 aromatic carbocycles. The molecule has 0 bridgehead atoms. The summed E-state index contributed by atoms with van der Waals surface area (Å²) < 4.78 is 6.48. The first kappa shape index (κ1) is 10.5. The van der Waals surface area contributed by atoms with E-state index in [0.29, 0.717) is 5.39 Å². The molecule has 2 aromatic rings. The summed E-state index contributed by atoms with van der Waals surface area (Å²) in [5.41, 5.74) is 0.903. The number of ether oxygens (including phenoxy) is 1. The highest BCUT2D eigenvalue weighted by Crippen LogP contribution is 2.30. The molecule has 0 radical (unpaired) electrons. The number of aromatic hydroxyl groups is 1. The normalized spacial score (nSPS) is 10.6. The van der Waals surface area contributed by atoms with Crippen LogP contribution in [0.3, 0.4) is 0 Å². The summed E-state index contributed by atoms with van der Waals surface area (Å²) in [5.74, 6) is -0.609. The predicted octanol–water partition coefficient (Wildman–Crippen LogP) is 1.46. The topological polar surface area (TPSA) is 64.3 Å². The second-order valence-electron chi connectivity index (χ2n) is 3.37. The lowest BCUT2D eigenvalue weighted by atomic mass is 10.3.